The molecule has 4 aromatic rings. The number of piperidine rings is 1. The lowest BCUT2D eigenvalue weighted by Gasteiger charge is -2.33. The normalized spacial score (nSPS) is 16.7. The van der Waals surface area contributed by atoms with Gasteiger partial charge in [-0.15, -0.1) is 11.8 Å². The second-order valence-corrected chi connectivity index (χ2v) is 12.5. The first-order chi connectivity index (χ1) is 21.0. The quantitative estimate of drug-likeness (QED) is 0.195. The third-order valence-corrected chi connectivity index (χ3v) is 9.66. The van der Waals surface area contributed by atoms with Crippen molar-refractivity contribution in [2.45, 2.75) is 55.9 Å². The molecule has 0 aliphatic carbocycles. The number of aryl methyl sites for hydroxylation is 2. The molecule has 43 heavy (non-hydrogen) atoms. The van der Waals surface area contributed by atoms with Crippen molar-refractivity contribution >= 4 is 40.2 Å². The lowest BCUT2D eigenvalue weighted by atomic mass is 9.94. The Kier molecular flexibility index (Phi) is 9.14. The van der Waals surface area contributed by atoms with Crippen molar-refractivity contribution in [1.29, 1.82) is 0 Å². The van der Waals surface area contributed by atoms with Gasteiger partial charge in [0.1, 0.15) is 5.82 Å². The molecule has 1 fully saturated rings. The van der Waals surface area contributed by atoms with Gasteiger partial charge in [0.05, 0.1) is 17.0 Å². The number of likely N-dealkylation sites (tertiary alicyclic amines) is 1. The zero-order valence-electron chi connectivity index (χ0n) is 24.6. The monoisotopic (exact) mass is 599 g/mol. The van der Waals surface area contributed by atoms with E-state index in [9.17, 15) is 14.0 Å². The van der Waals surface area contributed by atoms with E-state index in [4.69, 9.17) is 4.74 Å². The predicted molar refractivity (Wildman–Crippen MR) is 171 cm³/mol. The molecule has 6 nitrogen and oxygen atoms in total. The highest BCUT2D eigenvalue weighted by Crippen LogP contribution is 2.36. The van der Waals surface area contributed by atoms with Crippen LogP contribution in [0.5, 0.6) is 0 Å². The predicted octanol–water partition coefficient (Wildman–Crippen LogP) is 7.26. The maximum atomic E-state index is 14.7. The number of fused-ring (bicyclic) bond motifs is 2. The van der Waals surface area contributed by atoms with Crippen LogP contribution in [0.1, 0.15) is 49.3 Å². The number of methoxy groups -OCH3 is 1. The summed E-state index contributed by atoms with van der Waals surface area (Å²) in [4.78, 5) is 28.0. The van der Waals surface area contributed by atoms with Gasteiger partial charge in [0.2, 0.25) is 11.8 Å². The molecule has 1 aromatic heterocycles. The van der Waals surface area contributed by atoms with Crippen LogP contribution in [0.25, 0.3) is 22.0 Å². The summed E-state index contributed by atoms with van der Waals surface area (Å²) in [6.07, 6.45) is 4.97. The second-order valence-electron chi connectivity index (χ2n) is 11.5. The van der Waals surface area contributed by atoms with Gasteiger partial charge in [-0.05, 0) is 79.1 Å². The number of halogens is 1. The molecule has 8 heteroatoms. The number of hydrogen-bond acceptors (Lipinski definition) is 4. The van der Waals surface area contributed by atoms with Crippen LogP contribution in [-0.4, -0.2) is 53.8 Å². The average molecular weight is 600 g/mol. The fourth-order valence-electron chi connectivity index (χ4n) is 6.39. The summed E-state index contributed by atoms with van der Waals surface area (Å²) in [7, 11) is 1.70. The van der Waals surface area contributed by atoms with Crippen LogP contribution < -0.4 is 5.32 Å². The third kappa shape index (κ3) is 6.65. The number of aromatic nitrogens is 1. The van der Waals surface area contributed by atoms with E-state index in [2.05, 4.69) is 40.2 Å². The van der Waals surface area contributed by atoms with Crippen LogP contribution >= 0.6 is 11.8 Å². The summed E-state index contributed by atoms with van der Waals surface area (Å²) in [5.74, 6) is 0.692. The number of amides is 2. The molecule has 1 saturated heterocycles. The Morgan fingerprint density at radius 2 is 1.91 bits per heavy atom. The molecular weight excluding hydrogens is 561 g/mol. The fraction of sp³-hybridized carbons (Fsp3) is 0.371. The molecule has 3 heterocycles. The number of hydrogen-bond donors (Lipinski definition) is 1. The van der Waals surface area contributed by atoms with E-state index in [1.54, 1.807) is 24.9 Å². The number of carbonyl (C=O) groups excluding carboxylic acids is 2. The average Bonchev–Trinajstić information content (AvgIpc) is 3.41. The summed E-state index contributed by atoms with van der Waals surface area (Å²) in [6.45, 7) is 2.88. The summed E-state index contributed by atoms with van der Waals surface area (Å²) in [6, 6.07) is 22.0. The fourth-order valence-corrected chi connectivity index (χ4v) is 7.23. The van der Waals surface area contributed by atoms with Gasteiger partial charge < -0.3 is 19.5 Å². The lowest BCUT2D eigenvalue weighted by Crippen LogP contribution is -2.39. The van der Waals surface area contributed by atoms with Gasteiger partial charge in [0, 0.05) is 61.7 Å². The number of rotatable bonds is 10. The number of thioether (sulfide) groups is 1. The Labute approximate surface area is 256 Å². The standard InChI is InChI=1S/C35H38FN3O3S/c1-42-19-5-18-39-31-9-3-8-29(36)28(31)21-32(39)27-7-4-17-38(22-27)35(41)10-2-6-24-11-13-25(14-12-24)26-15-16-30-33(20-26)43-23-34(40)37-30/h3,8-9,11-16,20-21,27H,2,4-7,10,17-19,22-23H2,1H3,(H,37,40). The van der Waals surface area contributed by atoms with Crippen molar-refractivity contribution in [3.63, 3.8) is 0 Å². The first-order valence-electron chi connectivity index (χ1n) is 15.2. The van der Waals surface area contributed by atoms with Gasteiger partial charge >= 0.3 is 0 Å². The van der Waals surface area contributed by atoms with Gasteiger partial charge in [-0.3, -0.25) is 9.59 Å². The number of anilines is 1. The van der Waals surface area contributed by atoms with Crippen molar-refractivity contribution in [3.05, 3.63) is 83.8 Å². The largest absolute Gasteiger partial charge is 0.385 e. The molecule has 6 rings (SSSR count). The van der Waals surface area contributed by atoms with Crippen molar-refractivity contribution in [2.75, 3.05) is 37.9 Å². The Hall–Kier alpha value is -3.62. The first-order valence-corrected chi connectivity index (χ1v) is 16.2. The molecule has 2 aliphatic rings. The van der Waals surface area contributed by atoms with Crippen LogP contribution in [0.3, 0.4) is 0 Å². The Bertz CT molecular complexity index is 1620. The number of benzene rings is 3. The molecular formula is C35H38FN3O3S. The van der Waals surface area contributed by atoms with Crippen molar-refractivity contribution in [2.24, 2.45) is 0 Å². The molecule has 1 unspecified atom stereocenters. The van der Waals surface area contributed by atoms with Gasteiger partial charge in [-0.25, -0.2) is 4.39 Å². The van der Waals surface area contributed by atoms with E-state index >= 15 is 0 Å². The number of carbonyl (C=O) groups is 2. The van der Waals surface area contributed by atoms with Crippen LogP contribution in [0, 0.1) is 5.82 Å². The SMILES string of the molecule is COCCCn1c(C2CCCN(C(=O)CCCc3ccc(-c4ccc5c(c4)SCC(=O)N5)cc3)C2)cc2c(F)cccc21. The molecule has 3 aromatic carbocycles. The van der Waals surface area contributed by atoms with E-state index in [-0.39, 0.29) is 23.5 Å². The highest BCUT2D eigenvalue weighted by molar-refractivity contribution is 8.00. The highest BCUT2D eigenvalue weighted by atomic mass is 32.2. The summed E-state index contributed by atoms with van der Waals surface area (Å²) in [5, 5.41) is 3.58. The molecule has 0 saturated carbocycles. The molecule has 224 valence electrons. The van der Waals surface area contributed by atoms with Crippen LogP contribution in [0.4, 0.5) is 10.1 Å². The topological polar surface area (TPSA) is 63.6 Å². The smallest absolute Gasteiger partial charge is 0.234 e. The van der Waals surface area contributed by atoms with Crippen molar-refractivity contribution in [3.8, 4) is 11.1 Å². The van der Waals surface area contributed by atoms with E-state index in [0.29, 0.717) is 30.7 Å². The summed E-state index contributed by atoms with van der Waals surface area (Å²) >= 11 is 1.57. The van der Waals surface area contributed by atoms with Gasteiger partial charge in [-0.1, -0.05) is 36.4 Å². The Morgan fingerprint density at radius 3 is 2.74 bits per heavy atom. The van der Waals surface area contributed by atoms with Gasteiger partial charge in [0.15, 0.2) is 0 Å². The van der Waals surface area contributed by atoms with Crippen LogP contribution in [0.2, 0.25) is 0 Å². The maximum Gasteiger partial charge on any atom is 0.234 e. The lowest BCUT2D eigenvalue weighted by molar-refractivity contribution is -0.132. The molecule has 2 amide bonds. The van der Waals surface area contributed by atoms with Crippen LogP contribution in [0.15, 0.2) is 71.6 Å². The highest BCUT2D eigenvalue weighted by Gasteiger charge is 2.28. The molecule has 1 N–H and O–H groups in total. The Balaban J connectivity index is 1.05. The minimum absolute atomic E-state index is 0.0439. The molecule has 0 spiro atoms. The maximum absolute atomic E-state index is 14.7. The van der Waals surface area contributed by atoms with Crippen molar-refractivity contribution < 1.29 is 18.7 Å². The van der Waals surface area contributed by atoms with E-state index in [1.165, 1.54) is 11.6 Å². The first kappa shape index (κ1) is 29.5. The minimum Gasteiger partial charge on any atom is -0.385 e. The third-order valence-electron chi connectivity index (χ3n) is 8.60. The van der Waals surface area contributed by atoms with E-state index < -0.39 is 0 Å². The minimum atomic E-state index is -0.197. The number of nitrogens with one attached hydrogen (secondary N) is 1. The summed E-state index contributed by atoms with van der Waals surface area (Å²) < 4.78 is 22.2. The number of ether oxygens (including phenoxy) is 1. The van der Waals surface area contributed by atoms with Crippen molar-refractivity contribution in [1.82, 2.24) is 9.47 Å². The van der Waals surface area contributed by atoms with E-state index in [0.717, 1.165) is 78.1 Å². The molecule has 1 atom stereocenters. The molecule has 2 aliphatic heterocycles. The zero-order valence-corrected chi connectivity index (χ0v) is 25.4. The second kappa shape index (κ2) is 13.3. The zero-order chi connectivity index (χ0) is 29.8. The van der Waals surface area contributed by atoms with Gasteiger partial charge in [0.25, 0.3) is 0 Å². The number of nitrogens with zero attached hydrogens (tertiary/aromatic N) is 2. The Morgan fingerprint density at radius 1 is 1.07 bits per heavy atom. The summed E-state index contributed by atoms with van der Waals surface area (Å²) in [5.41, 5.74) is 6.40. The molecule has 0 bridgehead atoms. The van der Waals surface area contributed by atoms with Gasteiger partial charge in [-0.2, -0.15) is 0 Å². The molecule has 0 radical (unpaired) electrons. The van der Waals surface area contributed by atoms with E-state index in [1.807, 2.05) is 29.2 Å². The van der Waals surface area contributed by atoms with Crippen LogP contribution in [-0.2, 0) is 27.3 Å².